The molecule has 21 heavy (non-hydrogen) atoms. The molecular weight excluding hydrogens is 264 g/mol. The van der Waals surface area contributed by atoms with Gasteiger partial charge in [-0.3, -0.25) is 4.79 Å². The van der Waals surface area contributed by atoms with E-state index >= 15 is 0 Å². The fraction of sp³-hybridized carbons (Fsp3) is 0.588. The molecule has 4 heteroatoms. The number of nitrogens with one attached hydrogen (secondary N) is 1. The normalized spacial score (nSPS) is 15.6. The minimum atomic E-state index is -0.0203. The second kappa shape index (κ2) is 7.46. The molecule has 0 radical (unpaired) electrons. The predicted molar refractivity (Wildman–Crippen MR) is 85.6 cm³/mol. The molecule has 1 aromatic rings. The number of nitrogens with zero attached hydrogens (tertiary/aromatic N) is 1. The second-order valence-corrected chi connectivity index (χ2v) is 6.19. The molecule has 1 fully saturated rings. The van der Waals surface area contributed by atoms with Gasteiger partial charge in [0.25, 0.3) is 0 Å². The van der Waals surface area contributed by atoms with Crippen molar-refractivity contribution in [2.45, 2.75) is 32.2 Å². The van der Waals surface area contributed by atoms with Gasteiger partial charge in [0.15, 0.2) is 0 Å². The maximum absolute atomic E-state index is 11.7. The molecule has 0 bridgehead atoms. The topological polar surface area (TPSA) is 41.6 Å². The average molecular weight is 290 g/mol. The monoisotopic (exact) mass is 290 g/mol. The van der Waals surface area contributed by atoms with Gasteiger partial charge in [0.2, 0.25) is 5.91 Å². The Labute approximate surface area is 127 Å². The Bertz CT molecular complexity index is 452. The zero-order chi connectivity index (χ0) is 15.2. The van der Waals surface area contributed by atoms with Crippen LogP contribution in [0.4, 0.5) is 5.69 Å². The van der Waals surface area contributed by atoms with Gasteiger partial charge < -0.3 is 15.0 Å². The van der Waals surface area contributed by atoms with Crippen LogP contribution in [0.15, 0.2) is 24.3 Å². The van der Waals surface area contributed by atoms with Crippen LogP contribution in [0, 0.1) is 5.92 Å². The van der Waals surface area contributed by atoms with Crippen molar-refractivity contribution in [3.63, 3.8) is 0 Å². The van der Waals surface area contributed by atoms with Crippen molar-refractivity contribution in [1.29, 1.82) is 0 Å². The molecule has 2 rings (SSSR count). The van der Waals surface area contributed by atoms with Crippen LogP contribution in [0.3, 0.4) is 0 Å². The van der Waals surface area contributed by atoms with Gasteiger partial charge in [-0.1, -0.05) is 12.1 Å². The van der Waals surface area contributed by atoms with Gasteiger partial charge in [0, 0.05) is 25.8 Å². The summed E-state index contributed by atoms with van der Waals surface area (Å²) in [6, 6.07) is 8.54. The summed E-state index contributed by atoms with van der Waals surface area (Å²) in [4.78, 5) is 13.8. The number of hydrogen-bond acceptors (Lipinski definition) is 3. The van der Waals surface area contributed by atoms with E-state index in [9.17, 15) is 4.79 Å². The molecule has 1 aliphatic rings. The average Bonchev–Trinajstić information content (AvgIpc) is 3.23. The molecule has 1 aliphatic carbocycles. The Morgan fingerprint density at radius 2 is 2.00 bits per heavy atom. The van der Waals surface area contributed by atoms with Crippen molar-refractivity contribution in [3.8, 4) is 0 Å². The molecule has 0 spiro atoms. The summed E-state index contributed by atoms with van der Waals surface area (Å²) in [6.45, 7) is 2.94. The lowest BCUT2D eigenvalue weighted by Crippen LogP contribution is -2.36. The summed E-state index contributed by atoms with van der Waals surface area (Å²) in [5, 5.41) is 2.99. The van der Waals surface area contributed by atoms with Gasteiger partial charge in [-0.05, 0) is 49.8 Å². The number of carbonyl (C=O) groups is 1. The van der Waals surface area contributed by atoms with Crippen molar-refractivity contribution in [3.05, 3.63) is 29.8 Å². The van der Waals surface area contributed by atoms with Crippen LogP contribution < -0.4 is 10.2 Å². The van der Waals surface area contributed by atoms with Crippen LogP contribution in [0.5, 0.6) is 0 Å². The highest BCUT2D eigenvalue weighted by molar-refractivity contribution is 5.77. The third-order valence-electron chi connectivity index (χ3n) is 3.69. The number of benzene rings is 1. The Balaban J connectivity index is 1.69. The van der Waals surface area contributed by atoms with Crippen LogP contribution in [-0.2, 0) is 16.0 Å². The fourth-order valence-corrected chi connectivity index (χ4v) is 2.25. The van der Waals surface area contributed by atoms with Gasteiger partial charge >= 0.3 is 0 Å². The molecule has 1 amide bonds. The van der Waals surface area contributed by atoms with E-state index in [-0.39, 0.29) is 18.6 Å². The zero-order valence-corrected chi connectivity index (χ0v) is 13.3. The molecule has 116 valence electrons. The van der Waals surface area contributed by atoms with Gasteiger partial charge in [-0.2, -0.15) is 0 Å². The highest BCUT2D eigenvalue weighted by Gasteiger charge is 2.21. The molecule has 4 nitrogen and oxygen atoms in total. The Kier molecular flexibility index (Phi) is 5.62. The number of rotatable bonds is 8. The molecule has 1 atom stereocenters. The standard InChI is InChI=1S/C17H26N2O2/c1-13(18-17(20)12-21-11-15-4-5-15)10-14-6-8-16(9-7-14)19(2)3/h6-9,13,15H,4-5,10-12H2,1-3H3,(H,18,20)/t13-/m0/s1. The third kappa shape index (κ3) is 5.76. The number of ether oxygens (including phenoxy) is 1. The lowest BCUT2D eigenvalue weighted by Gasteiger charge is -2.16. The molecular formula is C17H26N2O2. The van der Waals surface area contributed by atoms with E-state index in [1.165, 1.54) is 24.1 Å². The van der Waals surface area contributed by atoms with Gasteiger partial charge in [-0.15, -0.1) is 0 Å². The van der Waals surface area contributed by atoms with Crippen molar-refractivity contribution >= 4 is 11.6 Å². The van der Waals surface area contributed by atoms with Gasteiger partial charge in [0.1, 0.15) is 6.61 Å². The molecule has 1 saturated carbocycles. The Hall–Kier alpha value is -1.55. The van der Waals surface area contributed by atoms with E-state index in [1.54, 1.807) is 0 Å². The SMILES string of the molecule is C[C@@H](Cc1ccc(N(C)C)cc1)NC(=O)COCC1CC1. The van der Waals surface area contributed by atoms with E-state index in [2.05, 4.69) is 34.5 Å². The largest absolute Gasteiger partial charge is 0.378 e. The molecule has 1 aromatic carbocycles. The van der Waals surface area contributed by atoms with E-state index < -0.39 is 0 Å². The van der Waals surface area contributed by atoms with Crippen LogP contribution >= 0.6 is 0 Å². The van der Waals surface area contributed by atoms with Crippen molar-refractivity contribution in [2.24, 2.45) is 5.92 Å². The highest BCUT2D eigenvalue weighted by Crippen LogP contribution is 2.28. The molecule has 0 unspecified atom stereocenters. The zero-order valence-electron chi connectivity index (χ0n) is 13.3. The maximum Gasteiger partial charge on any atom is 0.246 e. The number of amides is 1. The van der Waals surface area contributed by atoms with Crippen molar-refractivity contribution in [2.75, 3.05) is 32.2 Å². The minimum Gasteiger partial charge on any atom is -0.378 e. The first kappa shape index (κ1) is 15.8. The smallest absolute Gasteiger partial charge is 0.246 e. The molecule has 0 saturated heterocycles. The Morgan fingerprint density at radius 3 is 2.57 bits per heavy atom. The summed E-state index contributed by atoms with van der Waals surface area (Å²) in [6.07, 6.45) is 3.34. The van der Waals surface area contributed by atoms with Crippen LogP contribution in [0.2, 0.25) is 0 Å². The van der Waals surface area contributed by atoms with E-state index in [0.29, 0.717) is 5.92 Å². The molecule has 1 N–H and O–H groups in total. The fourth-order valence-electron chi connectivity index (χ4n) is 2.25. The third-order valence-corrected chi connectivity index (χ3v) is 3.69. The predicted octanol–water partition coefficient (Wildman–Crippen LogP) is 2.23. The lowest BCUT2D eigenvalue weighted by atomic mass is 10.1. The van der Waals surface area contributed by atoms with Crippen LogP contribution in [0.1, 0.15) is 25.3 Å². The number of anilines is 1. The van der Waals surface area contributed by atoms with Crippen LogP contribution in [0.25, 0.3) is 0 Å². The summed E-state index contributed by atoms with van der Waals surface area (Å²) >= 11 is 0. The first-order valence-corrected chi connectivity index (χ1v) is 7.68. The Morgan fingerprint density at radius 1 is 1.33 bits per heavy atom. The summed E-state index contributed by atoms with van der Waals surface area (Å²) < 4.78 is 5.39. The molecule has 0 aliphatic heterocycles. The summed E-state index contributed by atoms with van der Waals surface area (Å²) in [7, 11) is 4.05. The maximum atomic E-state index is 11.7. The van der Waals surface area contributed by atoms with Crippen molar-refractivity contribution < 1.29 is 9.53 Å². The first-order valence-electron chi connectivity index (χ1n) is 7.68. The molecule has 0 heterocycles. The van der Waals surface area contributed by atoms with E-state index in [1.807, 2.05) is 21.0 Å². The van der Waals surface area contributed by atoms with Gasteiger partial charge in [0.05, 0.1) is 6.61 Å². The van der Waals surface area contributed by atoms with E-state index in [4.69, 9.17) is 4.74 Å². The quantitative estimate of drug-likeness (QED) is 0.798. The van der Waals surface area contributed by atoms with Crippen molar-refractivity contribution in [1.82, 2.24) is 5.32 Å². The van der Waals surface area contributed by atoms with E-state index in [0.717, 1.165) is 13.0 Å². The number of hydrogen-bond donors (Lipinski definition) is 1. The summed E-state index contributed by atoms with van der Waals surface area (Å²) in [5.41, 5.74) is 2.41. The van der Waals surface area contributed by atoms with Crippen LogP contribution in [-0.4, -0.2) is 39.3 Å². The molecule has 0 aromatic heterocycles. The second-order valence-electron chi connectivity index (χ2n) is 6.19. The first-order chi connectivity index (χ1) is 10.0. The number of carbonyl (C=O) groups excluding carboxylic acids is 1. The minimum absolute atomic E-state index is 0.0203. The van der Waals surface area contributed by atoms with Gasteiger partial charge in [-0.25, -0.2) is 0 Å². The highest BCUT2D eigenvalue weighted by atomic mass is 16.5. The summed E-state index contributed by atoms with van der Waals surface area (Å²) in [5.74, 6) is 0.679. The lowest BCUT2D eigenvalue weighted by molar-refractivity contribution is -0.126.